The Hall–Kier alpha value is -3.89. The summed E-state index contributed by atoms with van der Waals surface area (Å²) in [5.41, 5.74) is 7.96. The van der Waals surface area contributed by atoms with Gasteiger partial charge in [-0.1, -0.05) is 97.4 Å². The molecular formula is C36H39N3O. The van der Waals surface area contributed by atoms with E-state index in [-0.39, 0.29) is 5.91 Å². The first-order valence-corrected chi connectivity index (χ1v) is 14.8. The largest absolute Gasteiger partial charge is 0.369 e. The van der Waals surface area contributed by atoms with Gasteiger partial charge in [-0.3, -0.25) is 9.69 Å². The summed E-state index contributed by atoms with van der Waals surface area (Å²) in [6.07, 6.45) is 2.94. The summed E-state index contributed by atoms with van der Waals surface area (Å²) in [5.74, 6) is 0.138. The highest BCUT2D eigenvalue weighted by molar-refractivity contribution is 6.00. The molecule has 1 saturated heterocycles. The molecule has 6 rings (SSSR count). The Bertz CT molecular complexity index is 1390. The summed E-state index contributed by atoms with van der Waals surface area (Å²) in [4.78, 5) is 18.8. The Morgan fingerprint density at radius 2 is 1.27 bits per heavy atom. The number of rotatable bonds is 9. The van der Waals surface area contributed by atoms with Crippen LogP contribution in [-0.2, 0) is 10.2 Å². The average Bonchev–Trinajstić information content (AvgIpc) is 3.31. The predicted molar refractivity (Wildman–Crippen MR) is 166 cm³/mol. The van der Waals surface area contributed by atoms with Gasteiger partial charge in [-0.25, -0.2) is 0 Å². The van der Waals surface area contributed by atoms with E-state index in [4.69, 9.17) is 0 Å². The van der Waals surface area contributed by atoms with E-state index < -0.39 is 5.41 Å². The molecule has 1 heterocycles. The first kappa shape index (κ1) is 26.3. The Morgan fingerprint density at radius 1 is 0.700 bits per heavy atom. The number of hydrogen-bond acceptors (Lipinski definition) is 3. The molecular weight excluding hydrogens is 490 g/mol. The predicted octanol–water partition coefficient (Wildman–Crippen LogP) is 6.75. The summed E-state index contributed by atoms with van der Waals surface area (Å²) in [6.45, 7) is 7.99. The van der Waals surface area contributed by atoms with E-state index in [0.717, 1.165) is 63.1 Å². The van der Waals surface area contributed by atoms with Crippen molar-refractivity contribution in [2.24, 2.45) is 0 Å². The number of piperazine rings is 1. The van der Waals surface area contributed by atoms with Crippen LogP contribution in [0.5, 0.6) is 0 Å². The molecule has 4 aromatic carbocycles. The monoisotopic (exact) mass is 529 g/mol. The molecule has 1 aliphatic carbocycles. The molecule has 0 radical (unpaired) electrons. The molecule has 4 heteroatoms. The zero-order chi connectivity index (χ0) is 27.4. The molecule has 0 bridgehead atoms. The third-order valence-electron chi connectivity index (χ3n) is 8.78. The molecule has 1 amide bonds. The lowest BCUT2D eigenvalue weighted by Gasteiger charge is -2.36. The zero-order valence-electron chi connectivity index (χ0n) is 23.5. The Morgan fingerprint density at radius 3 is 1.90 bits per heavy atom. The second-order valence-electron chi connectivity index (χ2n) is 11.1. The Balaban J connectivity index is 1.06. The maximum atomic E-state index is 13.7. The van der Waals surface area contributed by atoms with Crippen LogP contribution in [0.2, 0.25) is 0 Å². The van der Waals surface area contributed by atoms with Crippen molar-refractivity contribution in [3.63, 3.8) is 0 Å². The summed E-state index contributed by atoms with van der Waals surface area (Å²) in [6, 6.07) is 36.6. The van der Waals surface area contributed by atoms with Crippen LogP contribution in [-0.4, -0.2) is 50.1 Å². The lowest BCUT2D eigenvalue weighted by atomic mass is 9.73. The standard InChI is InChI=1S/C36H39N3O/c1-2-37-35(40)36(33-16-8-6-14-31(33)32-15-7-9-17-34(32)36)22-10-11-23-38-24-26-39(27-25-38)30-20-18-29(19-21-30)28-12-4-3-5-13-28/h3-9,12-21H,2,10-11,22-27H2,1H3,(H,37,40). The SMILES string of the molecule is CCNC(=O)C1(CCCCN2CCN(c3ccc(-c4ccccc4)cc3)CC2)c2ccccc2-c2ccccc21. The third-order valence-corrected chi connectivity index (χ3v) is 8.78. The molecule has 0 atom stereocenters. The van der Waals surface area contributed by atoms with E-state index in [1.807, 2.05) is 6.92 Å². The summed E-state index contributed by atoms with van der Waals surface area (Å²) in [7, 11) is 0. The molecule has 1 N–H and O–H groups in total. The maximum Gasteiger partial charge on any atom is 0.235 e. The molecule has 40 heavy (non-hydrogen) atoms. The van der Waals surface area contributed by atoms with E-state index in [0.29, 0.717) is 6.54 Å². The Kier molecular flexibility index (Phi) is 7.70. The fourth-order valence-electron chi connectivity index (χ4n) is 6.71. The number of benzene rings is 4. The molecule has 1 aliphatic heterocycles. The second-order valence-corrected chi connectivity index (χ2v) is 11.1. The van der Waals surface area contributed by atoms with Crippen molar-refractivity contribution in [3.05, 3.63) is 114 Å². The van der Waals surface area contributed by atoms with E-state index >= 15 is 0 Å². The number of nitrogens with one attached hydrogen (secondary N) is 1. The number of likely N-dealkylation sites (N-methyl/N-ethyl adjacent to an activating group) is 1. The van der Waals surface area contributed by atoms with Gasteiger partial charge < -0.3 is 10.2 Å². The van der Waals surface area contributed by atoms with Crippen molar-refractivity contribution in [2.75, 3.05) is 44.2 Å². The van der Waals surface area contributed by atoms with Crippen LogP contribution in [0.25, 0.3) is 22.3 Å². The molecule has 2 aliphatic rings. The van der Waals surface area contributed by atoms with Gasteiger partial charge in [0.2, 0.25) is 5.91 Å². The Labute approximate surface area is 238 Å². The number of anilines is 1. The minimum Gasteiger partial charge on any atom is -0.369 e. The van der Waals surface area contributed by atoms with E-state index in [1.165, 1.54) is 27.9 Å². The number of fused-ring (bicyclic) bond motifs is 3. The lowest BCUT2D eigenvalue weighted by molar-refractivity contribution is -0.125. The normalized spacial score (nSPS) is 15.9. The zero-order valence-corrected chi connectivity index (χ0v) is 23.5. The summed E-state index contributed by atoms with van der Waals surface area (Å²) in [5, 5.41) is 3.18. The number of carbonyl (C=O) groups excluding carboxylic acids is 1. The number of nitrogens with zero attached hydrogens (tertiary/aromatic N) is 2. The van der Waals surface area contributed by atoms with Crippen LogP contribution in [0, 0.1) is 0 Å². The molecule has 0 unspecified atom stereocenters. The maximum absolute atomic E-state index is 13.7. The highest BCUT2D eigenvalue weighted by Gasteiger charge is 2.48. The van der Waals surface area contributed by atoms with Crippen LogP contribution in [0.3, 0.4) is 0 Å². The summed E-state index contributed by atoms with van der Waals surface area (Å²) >= 11 is 0. The second kappa shape index (κ2) is 11.7. The van der Waals surface area contributed by atoms with Crippen molar-refractivity contribution in [2.45, 2.75) is 31.6 Å². The molecule has 0 saturated carbocycles. The highest BCUT2D eigenvalue weighted by atomic mass is 16.2. The van der Waals surface area contributed by atoms with Crippen molar-refractivity contribution in [3.8, 4) is 22.3 Å². The molecule has 0 spiro atoms. The molecule has 4 nitrogen and oxygen atoms in total. The van der Waals surface area contributed by atoms with Gasteiger partial charge in [0, 0.05) is 38.4 Å². The van der Waals surface area contributed by atoms with Crippen molar-refractivity contribution in [1.29, 1.82) is 0 Å². The first-order chi connectivity index (χ1) is 19.7. The topological polar surface area (TPSA) is 35.6 Å². The van der Waals surface area contributed by atoms with Crippen LogP contribution in [0.15, 0.2) is 103 Å². The van der Waals surface area contributed by atoms with Crippen LogP contribution >= 0.6 is 0 Å². The van der Waals surface area contributed by atoms with Crippen molar-refractivity contribution >= 4 is 11.6 Å². The van der Waals surface area contributed by atoms with Gasteiger partial charge in [0.15, 0.2) is 0 Å². The number of unbranched alkanes of at least 4 members (excludes halogenated alkanes) is 1. The first-order valence-electron chi connectivity index (χ1n) is 14.8. The van der Waals surface area contributed by atoms with Gasteiger partial charge in [0.1, 0.15) is 5.41 Å². The van der Waals surface area contributed by atoms with Crippen molar-refractivity contribution < 1.29 is 4.79 Å². The van der Waals surface area contributed by atoms with E-state index in [9.17, 15) is 4.79 Å². The number of carbonyl (C=O) groups is 1. The quantitative estimate of drug-likeness (QED) is 0.244. The minimum atomic E-state index is -0.603. The van der Waals surface area contributed by atoms with Gasteiger partial charge in [-0.2, -0.15) is 0 Å². The summed E-state index contributed by atoms with van der Waals surface area (Å²) < 4.78 is 0. The molecule has 4 aromatic rings. The van der Waals surface area contributed by atoms with Crippen molar-refractivity contribution in [1.82, 2.24) is 10.2 Å². The molecule has 0 aromatic heterocycles. The van der Waals surface area contributed by atoms with E-state index in [1.54, 1.807) is 0 Å². The van der Waals surface area contributed by atoms with E-state index in [2.05, 4.69) is 118 Å². The van der Waals surface area contributed by atoms with Gasteiger partial charge in [0.25, 0.3) is 0 Å². The van der Waals surface area contributed by atoms with Gasteiger partial charge in [-0.15, -0.1) is 0 Å². The molecule has 1 fully saturated rings. The highest BCUT2D eigenvalue weighted by Crippen LogP contribution is 2.51. The fourth-order valence-corrected chi connectivity index (χ4v) is 6.71. The number of hydrogen-bond donors (Lipinski definition) is 1. The lowest BCUT2D eigenvalue weighted by Crippen LogP contribution is -2.47. The number of amides is 1. The van der Waals surface area contributed by atoms with Gasteiger partial charge >= 0.3 is 0 Å². The molecule has 204 valence electrons. The van der Waals surface area contributed by atoms with Gasteiger partial charge in [0.05, 0.1) is 0 Å². The van der Waals surface area contributed by atoms with Crippen LogP contribution < -0.4 is 10.2 Å². The fraction of sp³-hybridized carbons (Fsp3) is 0.306. The van der Waals surface area contributed by atoms with Crippen LogP contribution in [0.1, 0.15) is 37.3 Å². The van der Waals surface area contributed by atoms with Crippen LogP contribution in [0.4, 0.5) is 5.69 Å². The third kappa shape index (κ3) is 4.93. The van der Waals surface area contributed by atoms with Gasteiger partial charge in [-0.05, 0) is 71.8 Å². The average molecular weight is 530 g/mol. The minimum absolute atomic E-state index is 0.138. The smallest absolute Gasteiger partial charge is 0.235 e.